The van der Waals surface area contributed by atoms with Crippen molar-refractivity contribution in [1.29, 1.82) is 0 Å². The topological polar surface area (TPSA) is 36.9 Å². The molecule has 4 nitrogen and oxygen atoms in total. The van der Waals surface area contributed by atoms with Gasteiger partial charge in [0, 0.05) is 44.2 Å². The van der Waals surface area contributed by atoms with Gasteiger partial charge in [0.1, 0.15) is 0 Å². The summed E-state index contributed by atoms with van der Waals surface area (Å²) in [5.41, 5.74) is 5.95. The third-order valence-electron chi connectivity index (χ3n) is 6.45. The lowest BCUT2D eigenvalue weighted by Crippen LogP contribution is -2.33. The minimum atomic E-state index is -0.302. The van der Waals surface area contributed by atoms with Gasteiger partial charge in [0.15, 0.2) is 12.6 Å². The van der Waals surface area contributed by atoms with E-state index in [0.29, 0.717) is 26.4 Å². The van der Waals surface area contributed by atoms with Crippen LogP contribution in [-0.4, -0.2) is 26.4 Å². The molecule has 0 spiro atoms. The molecule has 0 N–H and O–H groups in total. The van der Waals surface area contributed by atoms with Crippen LogP contribution >= 0.6 is 0 Å². The zero-order valence-electron chi connectivity index (χ0n) is 22.5. The Kier molecular flexibility index (Phi) is 7.70. The highest BCUT2D eigenvalue weighted by Gasteiger charge is 2.30. The van der Waals surface area contributed by atoms with Crippen molar-refractivity contribution >= 4 is 0 Å². The molecule has 2 heterocycles. The maximum Gasteiger partial charge on any atom is 0.183 e. The van der Waals surface area contributed by atoms with Crippen LogP contribution in [0.1, 0.15) is 73.7 Å². The molecule has 2 fully saturated rings. The number of benzene rings is 3. The summed E-state index contributed by atoms with van der Waals surface area (Å²) in [5.74, 6) is 12.9. The second-order valence-electron chi connectivity index (χ2n) is 11.6. The smallest absolute Gasteiger partial charge is 0.183 e. The van der Waals surface area contributed by atoms with Crippen LogP contribution in [0, 0.1) is 34.5 Å². The molecule has 0 aromatic heterocycles. The molecule has 0 unspecified atom stereocenters. The Morgan fingerprint density at radius 1 is 0.447 bits per heavy atom. The van der Waals surface area contributed by atoms with E-state index in [0.717, 1.165) is 33.4 Å². The standard InChI is InChI=1S/C34H34O4/c1-33(2)21-35-31(36-22-33)29-17-13-27(14-18-29)11-9-25-5-7-26(8-6-25)10-12-28-15-19-30(20-16-28)32-37-23-34(3,4)24-38-32/h5-8,13-20,31-32H,21-24H2,1-4H3. The van der Waals surface area contributed by atoms with Crippen LogP contribution in [0.3, 0.4) is 0 Å². The number of rotatable bonds is 2. The molecule has 0 saturated carbocycles. The van der Waals surface area contributed by atoms with Gasteiger partial charge in [-0.2, -0.15) is 0 Å². The highest BCUT2D eigenvalue weighted by Crippen LogP contribution is 2.32. The summed E-state index contributed by atoms with van der Waals surface area (Å²) >= 11 is 0. The van der Waals surface area contributed by atoms with E-state index >= 15 is 0 Å². The minimum Gasteiger partial charge on any atom is -0.348 e. The van der Waals surface area contributed by atoms with Crippen molar-refractivity contribution < 1.29 is 18.9 Å². The van der Waals surface area contributed by atoms with Crippen molar-refractivity contribution in [2.75, 3.05) is 26.4 Å². The molecular weight excluding hydrogens is 472 g/mol. The Hall–Kier alpha value is -3.38. The summed E-state index contributed by atoms with van der Waals surface area (Å²) in [5, 5.41) is 0. The molecule has 0 amide bonds. The van der Waals surface area contributed by atoms with E-state index < -0.39 is 0 Å². The van der Waals surface area contributed by atoms with E-state index in [1.807, 2.05) is 72.8 Å². The zero-order chi connectivity index (χ0) is 26.6. The molecule has 0 atom stereocenters. The number of ether oxygens (including phenoxy) is 4. The molecule has 0 radical (unpaired) electrons. The van der Waals surface area contributed by atoms with Crippen LogP contribution in [0.5, 0.6) is 0 Å². The van der Waals surface area contributed by atoms with Crippen molar-refractivity contribution in [2.24, 2.45) is 10.8 Å². The maximum absolute atomic E-state index is 5.86. The van der Waals surface area contributed by atoms with Gasteiger partial charge in [-0.1, -0.05) is 75.6 Å². The van der Waals surface area contributed by atoms with Crippen molar-refractivity contribution in [2.45, 2.75) is 40.3 Å². The van der Waals surface area contributed by atoms with Crippen LogP contribution in [0.25, 0.3) is 0 Å². The third kappa shape index (κ3) is 6.93. The summed E-state index contributed by atoms with van der Waals surface area (Å²) in [6, 6.07) is 24.1. The zero-order valence-corrected chi connectivity index (χ0v) is 22.5. The lowest BCUT2D eigenvalue weighted by molar-refractivity contribution is -0.226. The van der Waals surface area contributed by atoms with Crippen molar-refractivity contribution in [3.63, 3.8) is 0 Å². The van der Waals surface area contributed by atoms with Gasteiger partial charge in [-0.05, 0) is 48.5 Å². The van der Waals surface area contributed by atoms with Crippen molar-refractivity contribution in [3.05, 3.63) is 106 Å². The average molecular weight is 507 g/mol. The quantitative estimate of drug-likeness (QED) is 0.366. The fourth-order valence-electron chi connectivity index (χ4n) is 4.14. The van der Waals surface area contributed by atoms with Gasteiger partial charge in [0.25, 0.3) is 0 Å². The third-order valence-corrected chi connectivity index (χ3v) is 6.45. The molecule has 38 heavy (non-hydrogen) atoms. The highest BCUT2D eigenvalue weighted by molar-refractivity contribution is 5.48. The van der Waals surface area contributed by atoms with E-state index in [1.165, 1.54) is 0 Å². The summed E-state index contributed by atoms with van der Waals surface area (Å²) in [6.07, 6.45) is -0.603. The first-order chi connectivity index (χ1) is 18.2. The second-order valence-corrected chi connectivity index (χ2v) is 11.6. The molecular formula is C34H34O4. The predicted molar refractivity (Wildman–Crippen MR) is 148 cm³/mol. The average Bonchev–Trinajstić information content (AvgIpc) is 2.92. The fourth-order valence-corrected chi connectivity index (χ4v) is 4.14. The summed E-state index contributed by atoms with van der Waals surface area (Å²) in [4.78, 5) is 0. The predicted octanol–water partition coefficient (Wildman–Crippen LogP) is 6.63. The Balaban J connectivity index is 1.16. The van der Waals surface area contributed by atoms with Crippen LogP contribution in [0.15, 0.2) is 72.8 Å². The first kappa shape index (κ1) is 26.2. The summed E-state index contributed by atoms with van der Waals surface area (Å²) in [6.45, 7) is 11.3. The molecule has 5 rings (SSSR count). The molecule has 3 aromatic carbocycles. The van der Waals surface area contributed by atoms with Crippen molar-refractivity contribution in [1.82, 2.24) is 0 Å². The van der Waals surface area contributed by atoms with Crippen LogP contribution in [0.2, 0.25) is 0 Å². The van der Waals surface area contributed by atoms with E-state index in [1.54, 1.807) is 0 Å². The van der Waals surface area contributed by atoms with Gasteiger partial charge < -0.3 is 18.9 Å². The van der Waals surface area contributed by atoms with Gasteiger partial charge in [0.05, 0.1) is 26.4 Å². The number of hydrogen-bond donors (Lipinski definition) is 0. The van der Waals surface area contributed by atoms with E-state index in [2.05, 4.69) is 51.4 Å². The largest absolute Gasteiger partial charge is 0.348 e. The highest BCUT2D eigenvalue weighted by atomic mass is 16.7. The van der Waals surface area contributed by atoms with Gasteiger partial charge in [-0.3, -0.25) is 0 Å². The normalized spacial score (nSPS) is 19.1. The summed E-state index contributed by atoms with van der Waals surface area (Å²) < 4.78 is 23.5. The number of hydrogen-bond acceptors (Lipinski definition) is 4. The molecule has 2 saturated heterocycles. The van der Waals surface area contributed by atoms with E-state index in [4.69, 9.17) is 18.9 Å². The van der Waals surface area contributed by atoms with Gasteiger partial charge >= 0.3 is 0 Å². The molecule has 0 aliphatic carbocycles. The lowest BCUT2D eigenvalue weighted by Gasteiger charge is -2.34. The lowest BCUT2D eigenvalue weighted by atomic mass is 9.95. The summed E-state index contributed by atoms with van der Waals surface area (Å²) in [7, 11) is 0. The Labute approximate surface area is 226 Å². The molecule has 4 heteroatoms. The van der Waals surface area contributed by atoms with Gasteiger partial charge in [0.2, 0.25) is 0 Å². The Morgan fingerprint density at radius 2 is 0.684 bits per heavy atom. The molecule has 194 valence electrons. The monoisotopic (exact) mass is 506 g/mol. The van der Waals surface area contributed by atoms with E-state index in [9.17, 15) is 0 Å². The fraction of sp³-hybridized carbons (Fsp3) is 0.353. The SMILES string of the molecule is CC1(C)COC(c2ccc(C#Cc3ccc(C#Cc4ccc(C5OCC(C)(C)CO5)cc4)cc3)cc2)OC1. The van der Waals surface area contributed by atoms with Crippen LogP contribution in [0.4, 0.5) is 0 Å². The van der Waals surface area contributed by atoms with Crippen LogP contribution in [-0.2, 0) is 18.9 Å². The van der Waals surface area contributed by atoms with Gasteiger partial charge in [-0.15, -0.1) is 0 Å². The maximum atomic E-state index is 5.86. The molecule has 3 aromatic rings. The molecule has 2 aliphatic heterocycles. The van der Waals surface area contributed by atoms with Crippen LogP contribution < -0.4 is 0 Å². The van der Waals surface area contributed by atoms with Gasteiger partial charge in [-0.25, -0.2) is 0 Å². The van der Waals surface area contributed by atoms with E-state index in [-0.39, 0.29) is 23.4 Å². The minimum absolute atomic E-state index is 0.0620. The van der Waals surface area contributed by atoms with Crippen molar-refractivity contribution in [3.8, 4) is 23.7 Å². The first-order valence-corrected chi connectivity index (χ1v) is 13.1. The molecule has 2 aliphatic rings. The Bertz CT molecular complexity index is 1230. The molecule has 0 bridgehead atoms. The first-order valence-electron chi connectivity index (χ1n) is 13.1. The Morgan fingerprint density at radius 3 is 0.947 bits per heavy atom. The second kappa shape index (κ2) is 11.2.